The van der Waals surface area contributed by atoms with E-state index in [4.69, 9.17) is 0 Å². The molecule has 106 valence electrons. The molecular weight excluding hydrogens is 268 g/mol. The topological polar surface area (TPSA) is 33.2 Å². The van der Waals surface area contributed by atoms with Crippen LogP contribution in [-0.4, -0.2) is 21.8 Å². The van der Waals surface area contributed by atoms with Crippen LogP contribution in [0.1, 0.15) is 30.0 Å². The lowest BCUT2D eigenvalue weighted by Crippen LogP contribution is -2.37. The van der Waals surface area contributed by atoms with E-state index in [0.717, 1.165) is 16.1 Å². The molecule has 0 saturated heterocycles. The molecule has 0 spiro atoms. The summed E-state index contributed by atoms with van der Waals surface area (Å²) >= 11 is 1.55. The minimum atomic E-state index is 0.163. The van der Waals surface area contributed by atoms with E-state index >= 15 is 0 Å². The van der Waals surface area contributed by atoms with Crippen LogP contribution in [0.3, 0.4) is 0 Å². The Morgan fingerprint density at radius 3 is 2.55 bits per heavy atom. The summed E-state index contributed by atoms with van der Waals surface area (Å²) in [5, 5.41) is 0. The second-order valence-electron chi connectivity index (χ2n) is 5.14. The summed E-state index contributed by atoms with van der Waals surface area (Å²) in [4.78, 5) is 19.7. The molecule has 2 aromatic rings. The van der Waals surface area contributed by atoms with Crippen LogP contribution in [0.4, 0.5) is 0 Å². The maximum Gasteiger partial charge on any atom is 0.228 e. The fourth-order valence-electron chi connectivity index (χ4n) is 2.07. The molecule has 1 aromatic carbocycles. The van der Waals surface area contributed by atoms with Gasteiger partial charge in [-0.05, 0) is 26.3 Å². The van der Waals surface area contributed by atoms with Crippen LogP contribution < -0.4 is 0 Å². The number of rotatable bonds is 5. The van der Waals surface area contributed by atoms with Crippen molar-refractivity contribution in [3.05, 3.63) is 52.0 Å². The Hall–Kier alpha value is -1.68. The van der Waals surface area contributed by atoms with E-state index in [9.17, 15) is 4.79 Å². The van der Waals surface area contributed by atoms with Crippen LogP contribution in [0.5, 0.6) is 0 Å². The number of carbonyl (C=O) groups excluding carboxylic acids is 1. The molecule has 20 heavy (non-hydrogen) atoms. The third-order valence-corrected chi connectivity index (χ3v) is 4.23. The van der Waals surface area contributed by atoms with Crippen molar-refractivity contribution in [2.45, 2.75) is 39.8 Å². The van der Waals surface area contributed by atoms with Crippen molar-refractivity contribution in [3.8, 4) is 0 Å². The van der Waals surface area contributed by atoms with E-state index in [-0.39, 0.29) is 11.9 Å². The zero-order valence-corrected chi connectivity index (χ0v) is 13.0. The first kappa shape index (κ1) is 14.7. The summed E-state index contributed by atoms with van der Waals surface area (Å²) in [5.41, 5.74) is 3.93. The molecule has 0 aliphatic carbocycles. The number of aromatic nitrogens is 1. The normalized spacial score (nSPS) is 10.8. The van der Waals surface area contributed by atoms with Crippen molar-refractivity contribution in [1.82, 2.24) is 9.88 Å². The maximum atomic E-state index is 12.5. The average molecular weight is 288 g/mol. The van der Waals surface area contributed by atoms with Crippen molar-refractivity contribution in [1.29, 1.82) is 0 Å². The van der Waals surface area contributed by atoms with Gasteiger partial charge in [0.15, 0.2) is 0 Å². The maximum absolute atomic E-state index is 12.5. The molecule has 2 rings (SSSR count). The van der Waals surface area contributed by atoms with E-state index in [2.05, 4.69) is 31.0 Å². The predicted molar refractivity (Wildman–Crippen MR) is 82.7 cm³/mol. The van der Waals surface area contributed by atoms with Gasteiger partial charge >= 0.3 is 0 Å². The lowest BCUT2D eigenvalue weighted by atomic mass is 10.1. The molecule has 0 aliphatic heterocycles. The smallest absolute Gasteiger partial charge is 0.228 e. The highest BCUT2D eigenvalue weighted by Gasteiger charge is 2.19. The van der Waals surface area contributed by atoms with Crippen LogP contribution >= 0.6 is 11.3 Å². The number of amides is 1. The van der Waals surface area contributed by atoms with Gasteiger partial charge in [-0.3, -0.25) is 4.79 Å². The van der Waals surface area contributed by atoms with Crippen molar-refractivity contribution in [3.63, 3.8) is 0 Å². The summed E-state index contributed by atoms with van der Waals surface area (Å²) in [6.45, 7) is 6.73. The van der Waals surface area contributed by atoms with Gasteiger partial charge in [-0.1, -0.05) is 30.3 Å². The fourth-order valence-corrected chi connectivity index (χ4v) is 2.84. The Bertz CT molecular complexity index is 563. The summed E-state index contributed by atoms with van der Waals surface area (Å²) in [5.74, 6) is 0.163. The Labute approximate surface area is 124 Å². The Morgan fingerprint density at radius 2 is 2.00 bits per heavy atom. The Balaban J connectivity index is 2.08. The highest BCUT2D eigenvalue weighted by atomic mass is 32.1. The number of aryl methyl sites for hydroxylation is 1. The Kier molecular flexibility index (Phi) is 4.90. The molecule has 1 aromatic heterocycles. The third kappa shape index (κ3) is 3.67. The summed E-state index contributed by atoms with van der Waals surface area (Å²) < 4.78 is 0. The number of hydrogen-bond acceptors (Lipinski definition) is 3. The molecule has 0 radical (unpaired) electrons. The van der Waals surface area contributed by atoms with Crippen LogP contribution in [0.2, 0.25) is 0 Å². The molecule has 0 unspecified atom stereocenters. The van der Waals surface area contributed by atoms with Crippen molar-refractivity contribution >= 4 is 17.2 Å². The van der Waals surface area contributed by atoms with Gasteiger partial charge in [0, 0.05) is 17.5 Å². The third-order valence-electron chi connectivity index (χ3n) is 3.30. The molecule has 0 bridgehead atoms. The van der Waals surface area contributed by atoms with Gasteiger partial charge in [0.25, 0.3) is 0 Å². The first-order chi connectivity index (χ1) is 9.58. The van der Waals surface area contributed by atoms with Crippen molar-refractivity contribution < 1.29 is 4.79 Å². The summed E-state index contributed by atoms with van der Waals surface area (Å²) in [7, 11) is 0. The van der Waals surface area contributed by atoms with Crippen molar-refractivity contribution in [2.75, 3.05) is 0 Å². The SMILES string of the molecule is Cc1ncsc1CC(=O)N(Cc1ccccc1)C(C)C. The highest BCUT2D eigenvalue weighted by Crippen LogP contribution is 2.16. The van der Waals surface area contributed by atoms with Gasteiger partial charge < -0.3 is 4.90 Å². The zero-order chi connectivity index (χ0) is 14.5. The predicted octanol–water partition coefficient (Wildman–Crippen LogP) is 3.43. The number of carbonyl (C=O) groups is 1. The number of benzene rings is 1. The molecule has 0 fully saturated rings. The monoisotopic (exact) mass is 288 g/mol. The van der Waals surface area contributed by atoms with Gasteiger partial charge in [0.05, 0.1) is 17.6 Å². The molecule has 0 saturated carbocycles. The molecule has 4 heteroatoms. The van der Waals surface area contributed by atoms with Gasteiger partial charge in [0.2, 0.25) is 5.91 Å². The molecule has 3 nitrogen and oxygen atoms in total. The lowest BCUT2D eigenvalue weighted by Gasteiger charge is -2.27. The van der Waals surface area contributed by atoms with Gasteiger partial charge in [-0.15, -0.1) is 11.3 Å². The standard InChI is InChI=1S/C16H20N2OS/c1-12(2)18(10-14-7-5-4-6-8-14)16(19)9-15-13(3)17-11-20-15/h4-8,11-12H,9-10H2,1-3H3. The summed E-state index contributed by atoms with van der Waals surface area (Å²) in [6, 6.07) is 10.3. The van der Waals surface area contributed by atoms with Crippen LogP contribution in [0.15, 0.2) is 35.8 Å². The molecule has 0 aliphatic rings. The minimum absolute atomic E-state index is 0.163. The molecule has 1 heterocycles. The fraction of sp³-hybridized carbons (Fsp3) is 0.375. The molecular formula is C16H20N2OS. The average Bonchev–Trinajstić information content (AvgIpc) is 2.82. The quantitative estimate of drug-likeness (QED) is 0.844. The lowest BCUT2D eigenvalue weighted by molar-refractivity contribution is -0.132. The number of nitrogens with zero attached hydrogens (tertiary/aromatic N) is 2. The van der Waals surface area contributed by atoms with Crippen LogP contribution in [0, 0.1) is 6.92 Å². The first-order valence-corrected chi connectivity index (χ1v) is 7.68. The number of hydrogen-bond donors (Lipinski definition) is 0. The van der Waals surface area contributed by atoms with Crippen molar-refractivity contribution in [2.24, 2.45) is 0 Å². The van der Waals surface area contributed by atoms with Gasteiger partial charge in [-0.2, -0.15) is 0 Å². The second kappa shape index (κ2) is 6.66. The van der Waals surface area contributed by atoms with E-state index in [1.165, 1.54) is 0 Å². The first-order valence-electron chi connectivity index (χ1n) is 6.80. The molecule has 1 amide bonds. The van der Waals surface area contributed by atoms with E-state index in [1.807, 2.05) is 30.0 Å². The summed E-state index contributed by atoms with van der Waals surface area (Å²) in [6.07, 6.45) is 0.446. The van der Waals surface area contributed by atoms with Crippen LogP contribution in [-0.2, 0) is 17.8 Å². The zero-order valence-electron chi connectivity index (χ0n) is 12.2. The molecule has 0 atom stereocenters. The van der Waals surface area contributed by atoms with Gasteiger partial charge in [-0.25, -0.2) is 4.98 Å². The molecule has 0 N–H and O–H groups in total. The number of thiazole rings is 1. The Morgan fingerprint density at radius 1 is 1.30 bits per heavy atom. The van der Waals surface area contributed by atoms with Crippen LogP contribution in [0.25, 0.3) is 0 Å². The van der Waals surface area contributed by atoms with E-state index in [1.54, 1.807) is 16.8 Å². The highest BCUT2D eigenvalue weighted by molar-refractivity contribution is 7.09. The van der Waals surface area contributed by atoms with E-state index in [0.29, 0.717) is 13.0 Å². The van der Waals surface area contributed by atoms with Gasteiger partial charge in [0.1, 0.15) is 0 Å². The largest absolute Gasteiger partial charge is 0.336 e. The second-order valence-corrected chi connectivity index (χ2v) is 6.08. The minimum Gasteiger partial charge on any atom is -0.336 e. The van der Waals surface area contributed by atoms with E-state index < -0.39 is 0 Å².